The molecule has 3 aromatic rings. The van der Waals surface area contributed by atoms with Gasteiger partial charge in [-0.05, 0) is 49.2 Å². The van der Waals surface area contributed by atoms with Crippen LogP contribution < -0.4 is 10.2 Å². The highest BCUT2D eigenvalue weighted by atomic mass is 35.5. The number of urea groups is 1. The lowest BCUT2D eigenvalue weighted by atomic mass is 10.1. The summed E-state index contributed by atoms with van der Waals surface area (Å²) in [6.07, 6.45) is 2.28. The maximum absolute atomic E-state index is 12.5. The van der Waals surface area contributed by atoms with Crippen molar-refractivity contribution < 1.29 is 9.32 Å². The molecule has 0 spiro atoms. The lowest BCUT2D eigenvalue weighted by molar-refractivity contribution is 0.208. The highest BCUT2D eigenvalue weighted by Crippen LogP contribution is 2.39. The Kier molecular flexibility index (Phi) is 5.04. The van der Waals surface area contributed by atoms with E-state index in [1.54, 1.807) is 12.1 Å². The van der Waals surface area contributed by atoms with Gasteiger partial charge in [-0.25, -0.2) is 4.79 Å². The van der Waals surface area contributed by atoms with Crippen molar-refractivity contribution in [2.24, 2.45) is 0 Å². The smallest absolute Gasteiger partial charge is 0.322 e. The molecule has 1 aliphatic carbocycles. The molecule has 2 aliphatic rings. The van der Waals surface area contributed by atoms with Gasteiger partial charge < -0.3 is 19.6 Å². The Bertz CT molecular complexity index is 1040. The first-order valence-electron chi connectivity index (χ1n) is 10.2. The van der Waals surface area contributed by atoms with Crippen molar-refractivity contribution in [1.29, 1.82) is 0 Å². The monoisotopic (exact) mass is 423 g/mol. The number of nitrogens with zero attached hydrogens (tertiary/aromatic N) is 4. The summed E-state index contributed by atoms with van der Waals surface area (Å²) in [7, 11) is 0. The molecule has 1 N–H and O–H groups in total. The summed E-state index contributed by atoms with van der Waals surface area (Å²) < 4.78 is 5.35. The first-order valence-corrected chi connectivity index (χ1v) is 10.5. The zero-order valence-corrected chi connectivity index (χ0v) is 17.2. The number of para-hydroxylation sites is 1. The fraction of sp³-hybridized carbons (Fsp3) is 0.318. The van der Waals surface area contributed by atoms with Gasteiger partial charge in [0, 0.05) is 43.3 Å². The third-order valence-corrected chi connectivity index (χ3v) is 5.87. The topological polar surface area (TPSA) is 74.5 Å². The summed E-state index contributed by atoms with van der Waals surface area (Å²) in [6, 6.07) is 15.3. The molecule has 1 aromatic heterocycles. The third-order valence-electron chi connectivity index (χ3n) is 5.54. The number of hydrogen-bond donors (Lipinski definition) is 1. The minimum absolute atomic E-state index is 0.123. The molecule has 154 valence electrons. The summed E-state index contributed by atoms with van der Waals surface area (Å²) in [5, 5.41) is 7.53. The van der Waals surface area contributed by atoms with Crippen molar-refractivity contribution in [2.75, 3.05) is 36.4 Å². The fourth-order valence-corrected chi connectivity index (χ4v) is 3.78. The Morgan fingerprint density at radius 1 is 1.03 bits per heavy atom. The van der Waals surface area contributed by atoms with Gasteiger partial charge in [0.15, 0.2) is 0 Å². The Labute approximate surface area is 179 Å². The van der Waals surface area contributed by atoms with E-state index in [-0.39, 0.29) is 6.03 Å². The normalized spacial score (nSPS) is 16.6. The van der Waals surface area contributed by atoms with Crippen LogP contribution in [-0.2, 0) is 0 Å². The van der Waals surface area contributed by atoms with Crippen molar-refractivity contribution in [3.05, 3.63) is 59.4 Å². The first kappa shape index (κ1) is 18.9. The predicted molar refractivity (Wildman–Crippen MR) is 116 cm³/mol. The van der Waals surface area contributed by atoms with Crippen molar-refractivity contribution in [3.63, 3.8) is 0 Å². The largest absolute Gasteiger partial charge is 0.368 e. The van der Waals surface area contributed by atoms with Gasteiger partial charge in [0.1, 0.15) is 0 Å². The van der Waals surface area contributed by atoms with Gasteiger partial charge in [-0.15, -0.1) is 0 Å². The van der Waals surface area contributed by atoms with Crippen LogP contribution in [-0.4, -0.2) is 47.3 Å². The number of nitrogens with one attached hydrogen (secondary N) is 1. The van der Waals surface area contributed by atoms with E-state index in [4.69, 9.17) is 16.1 Å². The van der Waals surface area contributed by atoms with Crippen LogP contribution >= 0.6 is 11.6 Å². The molecule has 2 fully saturated rings. The molecular formula is C22H22ClN5O2. The van der Waals surface area contributed by atoms with Crippen LogP contribution in [0.4, 0.5) is 16.2 Å². The van der Waals surface area contributed by atoms with Gasteiger partial charge >= 0.3 is 6.03 Å². The van der Waals surface area contributed by atoms with Crippen LogP contribution in [0.15, 0.2) is 53.1 Å². The van der Waals surface area contributed by atoms with Crippen LogP contribution in [0.25, 0.3) is 11.4 Å². The summed E-state index contributed by atoms with van der Waals surface area (Å²) >= 11 is 6.13. The molecule has 2 aromatic carbocycles. The molecule has 0 bridgehead atoms. The second-order valence-electron chi connectivity index (χ2n) is 7.66. The zero-order chi connectivity index (χ0) is 20.5. The molecule has 2 heterocycles. The van der Waals surface area contributed by atoms with Gasteiger partial charge in [0.05, 0.1) is 10.7 Å². The molecule has 8 heteroatoms. The van der Waals surface area contributed by atoms with E-state index in [9.17, 15) is 4.79 Å². The highest BCUT2D eigenvalue weighted by molar-refractivity contribution is 6.33. The second kappa shape index (κ2) is 7.99. The predicted octanol–water partition coefficient (Wildman–Crippen LogP) is 4.62. The van der Waals surface area contributed by atoms with E-state index < -0.39 is 0 Å². The maximum atomic E-state index is 12.5. The number of carbonyl (C=O) groups excluding carboxylic acids is 1. The van der Waals surface area contributed by atoms with E-state index >= 15 is 0 Å². The number of halogens is 1. The zero-order valence-electron chi connectivity index (χ0n) is 16.4. The SMILES string of the molecule is O=C(Nc1ccccc1Cl)N1CCN(c2ccc(-c3noc(C4CC4)n3)cc2)CC1. The Morgan fingerprint density at radius 2 is 1.77 bits per heavy atom. The molecule has 1 aliphatic heterocycles. The van der Waals surface area contributed by atoms with Crippen LogP contribution in [0.3, 0.4) is 0 Å². The Balaban J connectivity index is 1.18. The first-order chi connectivity index (χ1) is 14.7. The number of benzene rings is 2. The number of rotatable bonds is 4. The van der Waals surface area contributed by atoms with Crippen molar-refractivity contribution >= 4 is 29.0 Å². The molecule has 7 nitrogen and oxygen atoms in total. The molecule has 1 saturated carbocycles. The summed E-state index contributed by atoms with van der Waals surface area (Å²) in [5.74, 6) is 1.85. The van der Waals surface area contributed by atoms with Crippen molar-refractivity contribution in [3.8, 4) is 11.4 Å². The quantitative estimate of drug-likeness (QED) is 0.662. The average Bonchev–Trinajstić information content (AvgIpc) is 3.52. The molecular weight excluding hydrogens is 402 g/mol. The fourth-order valence-electron chi connectivity index (χ4n) is 3.59. The Morgan fingerprint density at radius 3 is 2.47 bits per heavy atom. The minimum Gasteiger partial charge on any atom is -0.368 e. The highest BCUT2D eigenvalue weighted by Gasteiger charge is 2.29. The van der Waals surface area contributed by atoms with Gasteiger partial charge in [0.25, 0.3) is 0 Å². The maximum Gasteiger partial charge on any atom is 0.322 e. The van der Waals surface area contributed by atoms with Crippen molar-refractivity contribution in [2.45, 2.75) is 18.8 Å². The number of anilines is 2. The van der Waals surface area contributed by atoms with Gasteiger partial charge in [-0.3, -0.25) is 0 Å². The number of carbonyl (C=O) groups is 1. The molecule has 0 unspecified atom stereocenters. The van der Waals surface area contributed by atoms with E-state index in [0.29, 0.717) is 35.5 Å². The van der Waals surface area contributed by atoms with Crippen LogP contribution in [0.2, 0.25) is 5.02 Å². The van der Waals surface area contributed by atoms with Gasteiger partial charge in [-0.2, -0.15) is 4.98 Å². The lowest BCUT2D eigenvalue weighted by Crippen LogP contribution is -2.50. The minimum atomic E-state index is -0.123. The van der Waals surface area contributed by atoms with Crippen LogP contribution in [0.5, 0.6) is 0 Å². The average molecular weight is 424 g/mol. The van der Waals surface area contributed by atoms with E-state index in [1.165, 1.54) is 0 Å². The van der Waals surface area contributed by atoms with Gasteiger partial charge in [0.2, 0.25) is 11.7 Å². The standard InChI is InChI=1S/C22H22ClN5O2/c23-18-3-1-2-4-19(18)24-22(29)28-13-11-27(12-14-28)17-9-7-15(8-10-17)20-25-21(30-26-20)16-5-6-16/h1-4,7-10,16H,5-6,11-14H2,(H,24,29). The summed E-state index contributed by atoms with van der Waals surface area (Å²) in [4.78, 5) is 21.1. The third kappa shape index (κ3) is 3.98. The number of piperazine rings is 1. The summed E-state index contributed by atoms with van der Waals surface area (Å²) in [6.45, 7) is 2.83. The van der Waals surface area contributed by atoms with E-state index in [2.05, 4.69) is 32.5 Å². The Hall–Kier alpha value is -3.06. The lowest BCUT2D eigenvalue weighted by Gasteiger charge is -2.36. The number of hydrogen-bond acceptors (Lipinski definition) is 5. The molecule has 0 radical (unpaired) electrons. The van der Waals surface area contributed by atoms with Crippen LogP contribution in [0, 0.1) is 0 Å². The molecule has 0 atom stereocenters. The van der Waals surface area contributed by atoms with E-state index in [1.807, 2.05) is 29.2 Å². The van der Waals surface area contributed by atoms with Crippen molar-refractivity contribution in [1.82, 2.24) is 15.0 Å². The molecule has 30 heavy (non-hydrogen) atoms. The number of amides is 2. The van der Waals surface area contributed by atoms with Crippen LogP contribution in [0.1, 0.15) is 24.7 Å². The molecule has 2 amide bonds. The number of aromatic nitrogens is 2. The molecule has 1 saturated heterocycles. The van der Waals surface area contributed by atoms with E-state index in [0.717, 1.165) is 43.1 Å². The van der Waals surface area contributed by atoms with Gasteiger partial charge in [-0.1, -0.05) is 28.9 Å². The second-order valence-corrected chi connectivity index (χ2v) is 8.07. The summed E-state index contributed by atoms with van der Waals surface area (Å²) in [5.41, 5.74) is 2.71. The molecule has 5 rings (SSSR count).